The fraction of sp³-hybridized carbons (Fsp3) is 0.476. The second kappa shape index (κ2) is 9.91. The molecule has 1 amide bonds. The Morgan fingerprint density at radius 2 is 2.00 bits per heavy atom. The van der Waals surface area contributed by atoms with Crippen LogP contribution in [0.5, 0.6) is 0 Å². The summed E-state index contributed by atoms with van der Waals surface area (Å²) in [6.45, 7) is 9.89. The van der Waals surface area contributed by atoms with E-state index in [0.717, 1.165) is 36.5 Å². The van der Waals surface area contributed by atoms with Crippen molar-refractivity contribution in [2.75, 3.05) is 37.5 Å². The number of benzene rings is 1. The lowest BCUT2D eigenvalue weighted by molar-refractivity contribution is -0.0295. The van der Waals surface area contributed by atoms with Crippen molar-refractivity contribution in [1.82, 2.24) is 10.2 Å². The molecule has 1 aliphatic rings. The Bertz CT molecular complexity index is 955. The molecule has 1 atom stereocenters. The number of aryl methyl sites for hydroxylation is 1. The molecule has 0 spiro atoms. The van der Waals surface area contributed by atoms with E-state index in [4.69, 9.17) is 4.74 Å². The molecule has 3 rings (SSSR count). The van der Waals surface area contributed by atoms with E-state index in [1.54, 1.807) is 17.5 Å². The number of anilines is 1. The Hall–Kier alpha value is -1.94. The van der Waals surface area contributed by atoms with Gasteiger partial charge in [0.05, 0.1) is 12.7 Å². The average Bonchev–Trinajstić information content (AvgIpc) is 3.19. The Kier molecular flexibility index (Phi) is 7.51. The number of amides is 1. The zero-order chi connectivity index (χ0) is 21.7. The number of hydrogen-bond donors (Lipinski definition) is 2. The van der Waals surface area contributed by atoms with Gasteiger partial charge < -0.3 is 10.1 Å². The molecule has 1 aliphatic heterocycles. The smallest absolute Gasteiger partial charge is 0.263 e. The highest BCUT2D eigenvalue weighted by molar-refractivity contribution is 7.93. The van der Waals surface area contributed by atoms with Crippen molar-refractivity contribution in [2.45, 2.75) is 31.8 Å². The van der Waals surface area contributed by atoms with E-state index < -0.39 is 15.9 Å². The molecule has 0 saturated carbocycles. The molecule has 2 aromatic rings. The third-order valence-electron chi connectivity index (χ3n) is 4.77. The Labute approximate surface area is 182 Å². The van der Waals surface area contributed by atoms with Gasteiger partial charge in [-0.2, -0.15) is 0 Å². The Balaban J connectivity index is 1.62. The highest BCUT2D eigenvalue weighted by atomic mass is 32.2. The van der Waals surface area contributed by atoms with Crippen molar-refractivity contribution < 1.29 is 17.9 Å². The highest BCUT2D eigenvalue weighted by Crippen LogP contribution is 2.24. The summed E-state index contributed by atoms with van der Waals surface area (Å²) in [6.07, 6.45) is -0.104. The maximum Gasteiger partial charge on any atom is 0.263 e. The van der Waals surface area contributed by atoms with Crippen molar-refractivity contribution in [3.63, 3.8) is 0 Å². The van der Waals surface area contributed by atoms with Gasteiger partial charge in [-0.3, -0.25) is 14.4 Å². The minimum Gasteiger partial charge on any atom is -0.374 e. The SMILES string of the molecule is Cc1ccc(NS(=O)(=O)c2ccsc2C(=O)NCC2CN(CC(C)C)CCO2)cc1. The lowest BCUT2D eigenvalue weighted by Gasteiger charge is -2.33. The summed E-state index contributed by atoms with van der Waals surface area (Å²) in [5, 5.41) is 4.45. The van der Waals surface area contributed by atoms with E-state index in [2.05, 4.69) is 28.8 Å². The van der Waals surface area contributed by atoms with Gasteiger partial charge in [-0.15, -0.1) is 11.3 Å². The molecule has 1 aromatic carbocycles. The number of carbonyl (C=O) groups excluding carboxylic acids is 1. The van der Waals surface area contributed by atoms with Crippen molar-refractivity contribution >= 4 is 33.0 Å². The van der Waals surface area contributed by atoms with Crippen LogP contribution in [-0.4, -0.2) is 58.1 Å². The minimum absolute atomic E-state index is 0.0171. The maximum absolute atomic E-state index is 12.8. The number of carbonyl (C=O) groups is 1. The number of thiophene rings is 1. The molecular formula is C21H29N3O4S2. The summed E-state index contributed by atoms with van der Waals surface area (Å²) in [6, 6.07) is 8.50. The van der Waals surface area contributed by atoms with Crippen LogP contribution in [0, 0.1) is 12.8 Å². The van der Waals surface area contributed by atoms with Crippen molar-refractivity contribution in [1.29, 1.82) is 0 Å². The van der Waals surface area contributed by atoms with Gasteiger partial charge in [0, 0.05) is 31.9 Å². The van der Waals surface area contributed by atoms with Crippen LogP contribution in [0.25, 0.3) is 0 Å². The molecule has 164 valence electrons. The van der Waals surface area contributed by atoms with Gasteiger partial charge in [0.25, 0.3) is 15.9 Å². The summed E-state index contributed by atoms with van der Waals surface area (Å²) < 4.78 is 33.9. The molecule has 9 heteroatoms. The van der Waals surface area contributed by atoms with Crippen LogP contribution in [0.4, 0.5) is 5.69 Å². The van der Waals surface area contributed by atoms with E-state index >= 15 is 0 Å². The first-order valence-corrected chi connectivity index (χ1v) is 12.4. The molecule has 1 saturated heterocycles. The second-order valence-electron chi connectivity index (χ2n) is 7.94. The molecule has 0 bridgehead atoms. The molecule has 7 nitrogen and oxygen atoms in total. The normalized spacial score (nSPS) is 17.8. The number of ether oxygens (including phenoxy) is 1. The minimum atomic E-state index is -3.86. The van der Waals surface area contributed by atoms with Crippen molar-refractivity contribution in [3.05, 3.63) is 46.2 Å². The molecule has 1 aromatic heterocycles. The third kappa shape index (κ3) is 6.04. The topological polar surface area (TPSA) is 87.7 Å². The first-order valence-electron chi connectivity index (χ1n) is 10.0. The van der Waals surface area contributed by atoms with Gasteiger partial charge in [0.1, 0.15) is 9.77 Å². The number of morpholine rings is 1. The molecule has 0 aliphatic carbocycles. The number of nitrogens with one attached hydrogen (secondary N) is 2. The number of rotatable bonds is 8. The van der Waals surface area contributed by atoms with Crippen LogP contribution in [0.1, 0.15) is 29.1 Å². The molecule has 2 N–H and O–H groups in total. The van der Waals surface area contributed by atoms with Crippen LogP contribution >= 0.6 is 11.3 Å². The average molecular weight is 452 g/mol. The monoisotopic (exact) mass is 451 g/mol. The summed E-state index contributed by atoms with van der Waals surface area (Å²) >= 11 is 1.11. The predicted octanol–water partition coefficient (Wildman–Crippen LogP) is 2.94. The predicted molar refractivity (Wildman–Crippen MR) is 120 cm³/mol. The van der Waals surface area contributed by atoms with Gasteiger partial charge in [0.2, 0.25) is 0 Å². The van der Waals surface area contributed by atoms with Crippen LogP contribution < -0.4 is 10.0 Å². The standard InChI is InChI=1S/C21H29N3O4S2/c1-15(2)13-24-9-10-28-18(14-24)12-22-21(25)20-19(8-11-29-20)30(26,27)23-17-6-4-16(3)5-7-17/h4-8,11,15,18,23H,9-10,12-14H2,1-3H3,(H,22,25). The lowest BCUT2D eigenvalue weighted by atomic mass is 10.2. The van der Waals surface area contributed by atoms with Crippen LogP contribution in [0.3, 0.4) is 0 Å². The quantitative estimate of drug-likeness (QED) is 0.644. The van der Waals surface area contributed by atoms with Gasteiger partial charge in [-0.05, 0) is 36.4 Å². The first-order chi connectivity index (χ1) is 14.2. The van der Waals surface area contributed by atoms with E-state index in [0.29, 0.717) is 24.8 Å². The fourth-order valence-electron chi connectivity index (χ4n) is 3.38. The van der Waals surface area contributed by atoms with Crippen molar-refractivity contribution in [2.24, 2.45) is 5.92 Å². The number of sulfonamides is 1. The summed E-state index contributed by atoms with van der Waals surface area (Å²) in [5.74, 6) is 0.164. The van der Waals surface area contributed by atoms with Gasteiger partial charge in [-0.1, -0.05) is 31.5 Å². The maximum atomic E-state index is 12.8. The molecule has 30 heavy (non-hydrogen) atoms. The summed E-state index contributed by atoms with van der Waals surface area (Å²) in [5.41, 5.74) is 1.49. The fourth-order valence-corrected chi connectivity index (χ4v) is 5.78. The molecule has 1 fully saturated rings. The second-order valence-corrected chi connectivity index (χ2v) is 10.5. The molecular weight excluding hydrogens is 422 g/mol. The van der Waals surface area contributed by atoms with Gasteiger partial charge in [0.15, 0.2) is 0 Å². The van der Waals surface area contributed by atoms with Crippen molar-refractivity contribution in [3.8, 4) is 0 Å². The van der Waals surface area contributed by atoms with Crippen LogP contribution in [0.2, 0.25) is 0 Å². The van der Waals surface area contributed by atoms with Gasteiger partial charge >= 0.3 is 0 Å². The van der Waals surface area contributed by atoms with E-state index in [9.17, 15) is 13.2 Å². The Morgan fingerprint density at radius 1 is 1.27 bits per heavy atom. The number of nitrogens with zero attached hydrogens (tertiary/aromatic N) is 1. The van der Waals surface area contributed by atoms with E-state index in [1.807, 2.05) is 19.1 Å². The molecule has 0 radical (unpaired) electrons. The third-order valence-corrected chi connectivity index (χ3v) is 7.23. The Morgan fingerprint density at radius 3 is 2.70 bits per heavy atom. The largest absolute Gasteiger partial charge is 0.374 e. The number of hydrogen-bond acceptors (Lipinski definition) is 6. The lowest BCUT2D eigenvalue weighted by Crippen LogP contribution is -2.48. The molecule has 1 unspecified atom stereocenters. The first kappa shape index (κ1) is 22.7. The zero-order valence-electron chi connectivity index (χ0n) is 17.6. The zero-order valence-corrected chi connectivity index (χ0v) is 19.2. The molecule has 2 heterocycles. The van der Waals surface area contributed by atoms with E-state index in [1.165, 1.54) is 6.07 Å². The van der Waals surface area contributed by atoms with Crippen LogP contribution in [-0.2, 0) is 14.8 Å². The highest BCUT2D eigenvalue weighted by Gasteiger charge is 2.26. The van der Waals surface area contributed by atoms with Gasteiger partial charge in [-0.25, -0.2) is 8.42 Å². The summed E-state index contributed by atoms with van der Waals surface area (Å²) in [4.78, 5) is 15.2. The van der Waals surface area contributed by atoms with Crippen LogP contribution in [0.15, 0.2) is 40.6 Å². The summed E-state index contributed by atoms with van der Waals surface area (Å²) in [7, 11) is -3.86. The van der Waals surface area contributed by atoms with E-state index in [-0.39, 0.29) is 15.9 Å².